The van der Waals surface area contributed by atoms with Crippen LogP contribution in [-0.4, -0.2) is 18.5 Å². The molecule has 1 atom stereocenters. The van der Waals surface area contributed by atoms with Gasteiger partial charge in [0.25, 0.3) is 0 Å². The Morgan fingerprint density at radius 2 is 1.19 bits per heavy atom. The van der Waals surface area contributed by atoms with Gasteiger partial charge in [-0.15, -0.1) is 0 Å². The Balaban J connectivity index is 2.45. The fraction of sp³-hybridized carbons (Fsp3) is 0.136. The second-order valence-electron chi connectivity index (χ2n) is 6.17. The molecular weight excluding hydrogens is 426 g/mol. The first kappa shape index (κ1) is 19.7. The molecule has 27 heavy (non-hydrogen) atoms. The average Bonchev–Trinajstić information content (AvgIpc) is 2.75. The molecule has 0 fully saturated rings. The average molecular weight is 447 g/mol. The molecule has 0 amide bonds. The first-order valence-electron chi connectivity index (χ1n) is 8.74. The fourth-order valence-electron chi connectivity index (χ4n) is 3.41. The molecule has 0 heterocycles. The van der Waals surface area contributed by atoms with Crippen LogP contribution in [-0.2, 0) is 9.53 Å². The molecule has 0 aliphatic heterocycles. The minimum atomic E-state index is -3.97. The van der Waals surface area contributed by atoms with Crippen molar-refractivity contribution in [1.82, 2.24) is 0 Å². The van der Waals surface area contributed by atoms with E-state index in [1.54, 1.807) is 6.92 Å². The van der Waals surface area contributed by atoms with E-state index >= 15 is 4.39 Å². The van der Waals surface area contributed by atoms with Gasteiger partial charge >= 0.3 is 167 Å². The number of benzene rings is 3. The van der Waals surface area contributed by atoms with Crippen molar-refractivity contribution in [3.8, 4) is 0 Å². The summed E-state index contributed by atoms with van der Waals surface area (Å²) in [4.78, 5) is 12.7. The number of ether oxygens (including phenoxy) is 1. The number of rotatable bonds is 6. The molecule has 0 saturated carbocycles. The molecule has 0 aromatic heterocycles. The summed E-state index contributed by atoms with van der Waals surface area (Å²) in [6.45, 7) is 1.80. The van der Waals surface area contributed by atoms with E-state index in [0.717, 1.165) is 15.9 Å². The van der Waals surface area contributed by atoms with E-state index in [1.165, 1.54) is 0 Å². The third-order valence-electron chi connectivity index (χ3n) is 4.69. The van der Waals surface area contributed by atoms with Gasteiger partial charge in [-0.2, -0.15) is 0 Å². The quantitative estimate of drug-likeness (QED) is 0.405. The van der Waals surface area contributed by atoms with Crippen LogP contribution in [0.15, 0.2) is 91.0 Å². The SMILES string of the molecule is CCOC(=O)C(F)P(Br)(c1ccccc1)(c1ccccc1)c1ccccc1. The topological polar surface area (TPSA) is 26.3 Å². The van der Waals surface area contributed by atoms with Gasteiger partial charge in [-0.25, -0.2) is 0 Å². The number of halogens is 2. The summed E-state index contributed by atoms with van der Waals surface area (Å²) in [6, 6.07) is 28.1. The molecule has 0 saturated heterocycles. The second-order valence-corrected chi connectivity index (χ2v) is 14.7. The summed E-state index contributed by atoms with van der Waals surface area (Å²) < 4.78 is 21.4. The van der Waals surface area contributed by atoms with Crippen LogP contribution < -0.4 is 15.9 Å². The zero-order valence-corrected chi connectivity index (χ0v) is 17.4. The van der Waals surface area contributed by atoms with Crippen molar-refractivity contribution in [2.24, 2.45) is 0 Å². The van der Waals surface area contributed by atoms with Crippen LogP contribution in [0.3, 0.4) is 0 Å². The summed E-state index contributed by atoms with van der Waals surface area (Å²) in [5.74, 6) is -2.74. The van der Waals surface area contributed by atoms with Gasteiger partial charge in [0.1, 0.15) is 0 Å². The van der Waals surface area contributed by atoms with Crippen molar-refractivity contribution < 1.29 is 13.9 Å². The van der Waals surface area contributed by atoms with Gasteiger partial charge in [-0.3, -0.25) is 0 Å². The summed E-state index contributed by atoms with van der Waals surface area (Å²) in [5, 5.41) is -1.76. The van der Waals surface area contributed by atoms with Crippen LogP contribution in [0.5, 0.6) is 0 Å². The van der Waals surface area contributed by atoms with Gasteiger partial charge in [-0.05, 0) is 0 Å². The molecule has 2 nitrogen and oxygen atoms in total. The molecule has 3 rings (SSSR count). The minimum absolute atomic E-state index is 0.122. The van der Waals surface area contributed by atoms with E-state index in [1.807, 2.05) is 91.0 Å². The van der Waals surface area contributed by atoms with Crippen molar-refractivity contribution in [3.05, 3.63) is 91.0 Å². The molecule has 3 aromatic rings. The van der Waals surface area contributed by atoms with E-state index in [-0.39, 0.29) is 6.61 Å². The molecule has 5 heteroatoms. The third-order valence-corrected chi connectivity index (χ3v) is 14.4. The molecular formula is C22H21BrFO2P. The Bertz CT molecular complexity index is 804. The van der Waals surface area contributed by atoms with Crippen LogP contribution in [0, 0.1) is 0 Å². The van der Waals surface area contributed by atoms with E-state index in [9.17, 15) is 4.79 Å². The van der Waals surface area contributed by atoms with Gasteiger partial charge < -0.3 is 0 Å². The maximum atomic E-state index is 16.3. The van der Waals surface area contributed by atoms with Crippen molar-refractivity contribution in [3.63, 3.8) is 0 Å². The Kier molecular flexibility index (Phi) is 5.78. The van der Waals surface area contributed by atoms with Crippen molar-refractivity contribution in [2.75, 3.05) is 6.61 Å². The van der Waals surface area contributed by atoms with Crippen molar-refractivity contribution in [2.45, 2.75) is 12.8 Å². The number of carbonyl (C=O) groups excluding carboxylic acids is 1. The molecule has 0 aliphatic rings. The van der Waals surface area contributed by atoms with E-state index in [2.05, 4.69) is 15.5 Å². The molecule has 0 spiro atoms. The van der Waals surface area contributed by atoms with E-state index < -0.39 is 17.2 Å². The normalized spacial score (nSPS) is 14.0. The first-order chi connectivity index (χ1) is 13.0. The standard InChI is InChI=1S/C22H21BrFO2P/c1-2-26-22(25)21(24)27(23,18-12-6-3-7-13-18,19-14-8-4-9-15-19)20-16-10-5-11-17-20/h3-17,21H,2H2,1H3. The Labute approximate surface area is 167 Å². The van der Waals surface area contributed by atoms with Gasteiger partial charge in [0, 0.05) is 0 Å². The predicted octanol–water partition coefficient (Wildman–Crippen LogP) is 4.68. The molecule has 0 radical (unpaired) electrons. The zero-order valence-electron chi connectivity index (χ0n) is 15.0. The fourth-order valence-corrected chi connectivity index (χ4v) is 10.5. The van der Waals surface area contributed by atoms with E-state index in [0.29, 0.717) is 0 Å². The number of esters is 1. The zero-order chi connectivity index (χ0) is 19.4. The molecule has 140 valence electrons. The monoisotopic (exact) mass is 446 g/mol. The first-order valence-corrected chi connectivity index (χ1v) is 13.1. The van der Waals surface area contributed by atoms with Gasteiger partial charge in [0.05, 0.1) is 0 Å². The molecule has 0 bridgehead atoms. The Morgan fingerprint density at radius 3 is 1.48 bits per heavy atom. The van der Waals surface area contributed by atoms with Crippen molar-refractivity contribution >= 4 is 42.7 Å². The van der Waals surface area contributed by atoms with E-state index in [4.69, 9.17) is 4.74 Å². The second kappa shape index (κ2) is 7.92. The van der Waals surface area contributed by atoms with Crippen LogP contribution in [0.1, 0.15) is 6.92 Å². The number of alkyl halides is 1. The summed E-state index contributed by atoms with van der Waals surface area (Å²) in [7, 11) is 0. The van der Waals surface area contributed by atoms with Crippen LogP contribution >= 0.6 is 20.8 Å². The van der Waals surface area contributed by atoms with Gasteiger partial charge in [-0.1, -0.05) is 0 Å². The molecule has 0 aliphatic carbocycles. The predicted molar refractivity (Wildman–Crippen MR) is 116 cm³/mol. The Hall–Kier alpha value is -2.03. The van der Waals surface area contributed by atoms with Crippen LogP contribution in [0.4, 0.5) is 4.39 Å². The van der Waals surface area contributed by atoms with Crippen molar-refractivity contribution in [1.29, 1.82) is 0 Å². The Morgan fingerprint density at radius 1 is 0.852 bits per heavy atom. The number of hydrogen-bond donors (Lipinski definition) is 0. The number of hydrogen-bond acceptors (Lipinski definition) is 2. The van der Waals surface area contributed by atoms with Crippen LogP contribution in [0.2, 0.25) is 0 Å². The summed E-state index contributed by atoms with van der Waals surface area (Å²) in [6.07, 6.45) is 0. The summed E-state index contributed by atoms with van der Waals surface area (Å²) in [5.41, 5.74) is 0. The maximum absolute atomic E-state index is 16.3. The van der Waals surface area contributed by atoms with Crippen LogP contribution in [0.25, 0.3) is 0 Å². The number of carbonyl (C=O) groups is 1. The molecule has 3 aromatic carbocycles. The van der Waals surface area contributed by atoms with Gasteiger partial charge in [0.2, 0.25) is 0 Å². The van der Waals surface area contributed by atoms with Gasteiger partial charge in [0.15, 0.2) is 0 Å². The molecule has 1 unspecified atom stereocenters. The molecule has 0 N–H and O–H groups in total. The third kappa shape index (κ3) is 3.11. The summed E-state index contributed by atoms with van der Waals surface area (Å²) >= 11 is 3.91.